The summed E-state index contributed by atoms with van der Waals surface area (Å²) in [6, 6.07) is 3.03. The van der Waals surface area contributed by atoms with Gasteiger partial charge in [0.15, 0.2) is 5.65 Å². The van der Waals surface area contributed by atoms with Gasteiger partial charge in [0.05, 0.1) is 25.5 Å². The Morgan fingerprint density at radius 2 is 2.00 bits per heavy atom. The zero-order valence-electron chi connectivity index (χ0n) is 20.3. The van der Waals surface area contributed by atoms with Crippen LogP contribution in [0.5, 0.6) is 0 Å². The molecule has 2 atom stereocenters. The molecule has 0 amide bonds. The molecule has 0 radical (unpaired) electrons. The second-order valence-electron chi connectivity index (χ2n) is 10.3. The summed E-state index contributed by atoms with van der Waals surface area (Å²) in [4.78, 5) is 13.5. The molecule has 0 saturated carbocycles. The minimum absolute atomic E-state index is 0.221. The Bertz CT molecular complexity index is 1340. The van der Waals surface area contributed by atoms with E-state index < -0.39 is 0 Å². The van der Waals surface area contributed by atoms with Crippen molar-refractivity contribution in [1.82, 2.24) is 24.5 Å². The highest BCUT2D eigenvalue weighted by Crippen LogP contribution is 2.47. The van der Waals surface area contributed by atoms with Crippen LogP contribution in [0.15, 0.2) is 18.6 Å². The highest BCUT2D eigenvalue weighted by atomic mass is 32.1. The van der Waals surface area contributed by atoms with Crippen LogP contribution in [0.1, 0.15) is 60.1 Å². The molecule has 4 aromatic rings. The molecule has 2 aliphatic heterocycles. The molecule has 6 heterocycles. The fourth-order valence-corrected chi connectivity index (χ4v) is 7.71. The third-order valence-corrected chi connectivity index (χ3v) is 9.16. The van der Waals surface area contributed by atoms with Crippen LogP contribution in [0.4, 0.5) is 0 Å². The van der Waals surface area contributed by atoms with E-state index >= 15 is 0 Å². The molecule has 2 bridgehead atoms. The standard InChI is InChI=1S/C26H33N5O2S/c1-14(2)21-22-16(4)24(17-8-19-11-33-12-20(9-17)30(19)5-6-32)34-26(22)29-23(21)18-7-15(3)25-27-13-28-31(25)10-18/h7,10,13-14,17,19-20,29,32H,5-6,8-9,11-12H2,1-4H3. The number of hydrogen-bond donors (Lipinski definition) is 2. The number of rotatable bonds is 5. The number of morpholine rings is 1. The number of thiophene rings is 1. The minimum Gasteiger partial charge on any atom is -0.395 e. The number of aliphatic hydroxyl groups excluding tert-OH is 1. The largest absolute Gasteiger partial charge is 0.395 e. The van der Waals surface area contributed by atoms with Crippen LogP contribution in [0, 0.1) is 13.8 Å². The van der Waals surface area contributed by atoms with Crippen molar-refractivity contribution in [2.75, 3.05) is 26.4 Å². The summed E-state index contributed by atoms with van der Waals surface area (Å²) in [5.41, 5.74) is 7.23. The van der Waals surface area contributed by atoms with E-state index in [4.69, 9.17) is 4.74 Å². The summed E-state index contributed by atoms with van der Waals surface area (Å²) in [6.45, 7) is 11.5. The van der Waals surface area contributed by atoms with Gasteiger partial charge in [-0.25, -0.2) is 9.50 Å². The van der Waals surface area contributed by atoms with Gasteiger partial charge in [-0.15, -0.1) is 11.3 Å². The molecule has 2 saturated heterocycles. The average Bonchev–Trinajstić information content (AvgIpc) is 3.49. The van der Waals surface area contributed by atoms with Crippen molar-refractivity contribution < 1.29 is 9.84 Å². The zero-order valence-corrected chi connectivity index (χ0v) is 21.2. The van der Waals surface area contributed by atoms with Gasteiger partial charge in [-0.05, 0) is 61.3 Å². The van der Waals surface area contributed by atoms with Crippen LogP contribution >= 0.6 is 11.3 Å². The summed E-state index contributed by atoms with van der Waals surface area (Å²) in [5, 5.41) is 15.3. The topological polar surface area (TPSA) is 78.7 Å². The zero-order chi connectivity index (χ0) is 23.6. The highest BCUT2D eigenvalue weighted by Gasteiger charge is 2.40. The fraction of sp³-hybridized carbons (Fsp3) is 0.538. The lowest BCUT2D eigenvalue weighted by Gasteiger charge is -2.48. The molecule has 6 rings (SSSR count). The first-order chi connectivity index (χ1) is 16.5. The van der Waals surface area contributed by atoms with E-state index in [1.165, 1.54) is 31.9 Å². The van der Waals surface area contributed by atoms with E-state index in [9.17, 15) is 5.11 Å². The number of aliphatic hydroxyl groups is 1. The smallest absolute Gasteiger partial charge is 0.158 e. The first kappa shape index (κ1) is 22.2. The lowest BCUT2D eigenvalue weighted by molar-refractivity contribution is -0.0825. The van der Waals surface area contributed by atoms with Gasteiger partial charge in [0, 0.05) is 40.7 Å². The third kappa shape index (κ3) is 3.42. The number of fused-ring (bicyclic) bond motifs is 4. The highest BCUT2D eigenvalue weighted by molar-refractivity contribution is 7.19. The van der Waals surface area contributed by atoms with E-state index in [-0.39, 0.29) is 6.61 Å². The molecule has 4 aromatic heterocycles. The van der Waals surface area contributed by atoms with Crippen LogP contribution in [0.2, 0.25) is 0 Å². The van der Waals surface area contributed by atoms with E-state index in [1.807, 2.05) is 15.9 Å². The maximum Gasteiger partial charge on any atom is 0.158 e. The molecule has 0 aromatic carbocycles. The molecule has 2 aliphatic rings. The predicted molar refractivity (Wildman–Crippen MR) is 136 cm³/mol. The summed E-state index contributed by atoms with van der Waals surface area (Å²) in [7, 11) is 0. The monoisotopic (exact) mass is 479 g/mol. The van der Waals surface area contributed by atoms with Gasteiger partial charge in [0.1, 0.15) is 11.2 Å². The van der Waals surface area contributed by atoms with Crippen LogP contribution in [-0.2, 0) is 4.74 Å². The molecule has 7 nitrogen and oxygen atoms in total. The minimum atomic E-state index is 0.221. The second kappa shape index (κ2) is 8.45. The quantitative estimate of drug-likeness (QED) is 0.437. The number of aromatic nitrogens is 4. The molecule has 8 heteroatoms. The normalized spacial score (nSPS) is 23.5. The van der Waals surface area contributed by atoms with Gasteiger partial charge in [-0.2, -0.15) is 5.10 Å². The number of ether oxygens (including phenoxy) is 1. The Kier molecular flexibility index (Phi) is 5.52. The van der Waals surface area contributed by atoms with E-state index in [2.05, 4.69) is 59.9 Å². The SMILES string of the molecule is Cc1c(C2CC3COCC(C2)N3CCO)sc2[nH]c(-c3cc(C)c4ncnn4c3)c(C(C)C)c12. The number of pyridine rings is 1. The molecule has 2 N–H and O–H groups in total. The maximum atomic E-state index is 9.54. The molecule has 180 valence electrons. The first-order valence-corrected chi connectivity index (χ1v) is 13.2. The predicted octanol–water partition coefficient (Wildman–Crippen LogP) is 4.62. The molecule has 2 unspecified atom stereocenters. The van der Waals surface area contributed by atoms with Crippen molar-refractivity contribution >= 4 is 27.2 Å². The van der Waals surface area contributed by atoms with Gasteiger partial charge in [0.25, 0.3) is 0 Å². The van der Waals surface area contributed by atoms with E-state index in [1.54, 1.807) is 6.33 Å². The number of piperidine rings is 1. The van der Waals surface area contributed by atoms with Crippen molar-refractivity contribution in [1.29, 1.82) is 0 Å². The molecule has 34 heavy (non-hydrogen) atoms. The number of H-pyrrole nitrogens is 1. The maximum absolute atomic E-state index is 9.54. The van der Waals surface area contributed by atoms with Gasteiger partial charge in [-0.1, -0.05) is 13.8 Å². The number of aryl methyl sites for hydroxylation is 2. The van der Waals surface area contributed by atoms with Crippen LogP contribution in [0.3, 0.4) is 0 Å². The number of nitrogens with one attached hydrogen (secondary N) is 1. The number of nitrogens with zero attached hydrogens (tertiary/aromatic N) is 4. The Balaban J connectivity index is 1.42. The van der Waals surface area contributed by atoms with Crippen molar-refractivity contribution in [3.63, 3.8) is 0 Å². The van der Waals surface area contributed by atoms with Crippen molar-refractivity contribution in [2.24, 2.45) is 0 Å². The average molecular weight is 480 g/mol. The molecular formula is C26H33N5O2S. The summed E-state index contributed by atoms with van der Waals surface area (Å²) in [5.74, 6) is 0.952. The van der Waals surface area contributed by atoms with Gasteiger partial charge in [-0.3, -0.25) is 4.90 Å². The van der Waals surface area contributed by atoms with Crippen molar-refractivity contribution in [3.8, 4) is 11.3 Å². The molecule has 2 fully saturated rings. The first-order valence-electron chi connectivity index (χ1n) is 12.4. The Hall–Kier alpha value is -2.26. The van der Waals surface area contributed by atoms with E-state index in [0.717, 1.165) is 49.4 Å². The number of hydrogen-bond acceptors (Lipinski definition) is 6. The van der Waals surface area contributed by atoms with Crippen molar-refractivity contribution in [3.05, 3.63) is 40.2 Å². The second-order valence-corrected chi connectivity index (χ2v) is 11.3. The van der Waals surface area contributed by atoms with Gasteiger partial charge in [0.2, 0.25) is 0 Å². The lowest BCUT2D eigenvalue weighted by atomic mass is 9.82. The van der Waals surface area contributed by atoms with Crippen LogP contribution in [0.25, 0.3) is 27.1 Å². The molecule has 0 aliphatic carbocycles. The van der Waals surface area contributed by atoms with Gasteiger partial charge >= 0.3 is 0 Å². The molecular weight excluding hydrogens is 446 g/mol. The van der Waals surface area contributed by atoms with Crippen LogP contribution in [-0.4, -0.2) is 68.0 Å². The van der Waals surface area contributed by atoms with E-state index in [0.29, 0.717) is 23.9 Å². The van der Waals surface area contributed by atoms with Crippen molar-refractivity contribution in [2.45, 2.75) is 64.5 Å². The lowest BCUT2D eigenvalue weighted by Crippen LogP contribution is -2.57. The number of aromatic amines is 1. The van der Waals surface area contributed by atoms with Gasteiger partial charge < -0.3 is 14.8 Å². The Labute approximate surface area is 203 Å². The fourth-order valence-electron chi connectivity index (χ4n) is 6.36. The third-order valence-electron chi connectivity index (χ3n) is 7.79. The summed E-state index contributed by atoms with van der Waals surface area (Å²) < 4.78 is 7.76. The molecule has 0 spiro atoms. The summed E-state index contributed by atoms with van der Waals surface area (Å²) >= 11 is 1.94. The van der Waals surface area contributed by atoms with Crippen LogP contribution < -0.4 is 0 Å². The summed E-state index contributed by atoms with van der Waals surface area (Å²) in [6.07, 6.45) is 5.91. The Morgan fingerprint density at radius 1 is 1.24 bits per heavy atom. The Morgan fingerprint density at radius 3 is 2.71 bits per heavy atom.